The van der Waals surface area contributed by atoms with Crippen LogP contribution in [0.25, 0.3) is 4.85 Å². The smallest absolute Gasteiger partial charge is 0.253 e. The average molecular weight is 326 g/mol. The van der Waals surface area contributed by atoms with Crippen LogP contribution in [-0.4, -0.2) is 19.3 Å². The van der Waals surface area contributed by atoms with E-state index in [1.807, 2.05) is 6.07 Å². The molecule has 0 saturated heterocycles. The fourth-order valence-corrected chi connectivity index (χ4v) is 2.40. The molecule has 2 rings (SSSR count). The van der Waals surface area contributed by atoms with Crippen LogP contribution in [0.2, 0.25) is 0 Å². The molecule has 0 aliphatic rings. The lowest BCUT2D eigenvalue weighted by molar-refractivity contribution is 0.370. The molecule has 0 radical (unpaired) electrons. The zero-order valence-electron chi connectivity index (χ0n) is 13.1. The van der Waals surface area contributed by atoms with Crippen molar-refractivity contribution < 1.29 is 10.2 Å². The fraction of sp³-hybridized carbons (Fsp3) is 0.250. The van der Waals surface area contributed by atoms with Crippen LogP contribution in [0.3, 0.4) is 0 Å². The van der Waals surface area contributed by atoms with Gasteiger partial charge in [-0.05, 0) is 31.0 Å². The SMILES string of the molecule is [C-]#[N+]c1c(C)cc(=O)n(CCn2c(O)c(C#N)c(C)cc2=O)c1O. The Morgan fingerprint density at radius 1 is 1.08 bits per heavy atom. The number of aromatic hydroxyl groups is 2. The molecule has 122 valence electrons. The maximum Gasteiger partial charge on any atom is 0.253 e. The zero-order valence-corrected chi connectivity index (χ0v) is 13.1. The van der Waals surface area contributed by atoms with Crippen molar-refractivity contribution in [3.05, 3.63) is 60.9 Å². The van der Waals surface area contributed by atoms with Gasteiger partial charge in [0.05, 0.1) is 6.57 Å². The van der Waals surface area contributed by atoms with Crippen LogP contribution in [0.5, 0.6) is 11.8 Å². The van der Waals surface area contributed by atoms with Crippen molar-refractivity contribution in [3.8, 4) is 17.8 Å². The summed E-state index contributed by atoms with van der Waals surface area (Å²) in [5.74, 6) is -0.984. The number of aromatic nitrogens is 2. The highest BCUT2D eigenvalue weighted by Gasteiger charge is 2.15. The van der Waals surface area contributed by atoms with Gasteiger partial charge in [0, 0.05) is 19.2 Å². The maximum absolute atomic E-state index is 12.0. The minimum Gasteiger partial charge on any atom is -0.503 e. The first-order chi connectivity index (χ1) is 11.3. The predicted molar refractivity (Wildman–Crippen MR) is 85.2 cm³/mol. The van der Waals surface area contributed by atoms with E-state index in [2.05, 4.69) is 4.85 Å². The molecule has 0 atom stereocenters. The van der Waals surface area contributed by atoms with Gasteiger partial charge in [0.1, 0.15) is 11.6 Å². The quantitative estimate of drug-likeness (QED) is 0.822. The highest BCUT2D eigenvalue weighted by Crippen LogP contribution is 2.28. The van der Waals surface area contributed by atoms with Crippen molar-refractivity contribution in [3.63, 3.8) is 0 Å². The number of nitriles is 1. The van der Waals surface area contributed by atoms with E-state index in [1.54, 1.807) is 0 Å². The van der Waals surface area contributed by atoms with Gasteiger partial charge in [0.25, 0.3) is 11.1 Å². The van der Waals surface area contributed by atoms with Crippen LogP contribution < -0.4 is 11.1 Å². The van der Waals surface area contributed by atoms with Crippen LogP contribution in [0.1, 0.15) is 16.7 Å². The van der Waals surface area contributed by atoms with E-state index in [0.717, 1.165) is 9.13 Å². The van der Waals surface area contributed by atoms with Crippen LogP contribution in [-0.2, 0) is 13.1 Å². The molecule has 2 N–H and O–H groups in total. The monoisotopic (exact) mass is 326 g/mol. The second-order valence-electron chi connectivity index (χ2n) is 5.23. The summed E-state index contributed by atoms with van der Waals surface area (Å²) in [6, 6.07) is 4.23. The summed E-state index contributed by atoms with van der Waals surface area (Å²) >= 11 is 0. The first kappa shape index (κ1) is 16.8. The molecule has 0 aromatic carbocycles. The van der Waals surface area contributed by atoms with Gasteiger partial charge in [-0.15, -0.1) is 0 Å². The lowest BCUT2D eigenvalue weighted by atomic mass is 10.1. The van der Waals surface area contributed by atoms with Gasteiger partial charge in [0.2, 0.25) is 11.6 Å². The van der Waals surface area contributed by atoms with Gasteiger partial charge >= 0.3 is 0 Å². The normalized spacial score (nSPS) is 10.2. The highest BCUT2D eigenvalue weighted by atomic mass is 16.3. The molecule has 8 heteroatoms. The fourth-order valence-electron chi connectivity index (χ4n) is 2.40. The summed E-state index contributed by atoms with van der Waals surface area (Å²) in [5.41, 5.74) is -0.441. The third kappa shape index (κ3) is 2.73. The van der Waals surface area contributed by atoms with Crippen LogP contribution in [0.15, 0.2) is 21.7 Å². The lowest BCUT2D eigenvalue weighted by Crippen LogP contribution is -2.27. The van der Waals surface area contributed by atoms with Crippen LogP contribution in [0, 0.1) is 31.8 Å². The molecule has 0 bridgehead atoms. The first-order valence-electron chi connectivity index (χ1n) is 6.96. The molecule has 0 saturated carbocycles. The number of aryl methyl sites for hydroxylation is 2. The lowest BCUT2D eigenvalue weighted by Gasteiger charge is -2.14. The molecule has 0 amide bonds. The molecule has 0 aliphatic heterocycles. The van der Waals surface area contributed by atoms with Crippen molar-refractivity contribution in [1.29, 1.82) is 5.26 Å². The second kappa shape index (κ2) is 6.31. The summed E-state index contributed by atoms with van der Waals surface area (Å²) in [5, 5.41) is 29.1. The van der Waals surface area contributed by atoms with Gasteiger partial charge in [0.15, 0.2) is 5.88 Å². The van der Waals surface area contributed by atoms with Crippen molar-refractivity contribution in [1.82, 2.24) is 9.13 Å². The van der Waals surface area contributed by atoms with Gasteiger partial charge in [-0.25, -0.2) is 4.85 Å². The van der Waals surface area contributed by atoms with E-state index in [-0.39, 0.29) is 24.3 Å². The van der Waals surface area contributed by atoms with E-state index in [1.165, 1.54) is 26.0 Å². The molecule has 24 heavy (non-hydrogen) atoms. The number of pyridine rings is 2. The summed E-state index contributed by atoms with van der Waals surface area (Å²) in [6.07, 6.45) is 0. The Balaban J connectivity index is 2.48. The summed E-state index contributed by atoms with van der Waals surface area (Å²) in [4.78, 5) is 27.2. The zero-order chi connectivity index (χ0) is 18.0. The van der Waals surface area contributed by atoms with Gasteiger partial charge in [-0.2, -0.15) is 5.26 Å². The number of hydrogen-bond acceptors (Lipinski definition) is 5. The summed E-state index contributed by atoms with van der Waals surface area (Å²) in [7, 11) is 0. The van der Waals surface area contributed by atoms with Gasteiger partial charge in [-0.3, -0.25) is 18.7 Å². The first-order valence-corrected chi connectivity index (χ1v) is 6.96. The number of hydrogen-bond donors (Lipinski definition) is 2. The predicted octanol–water partition coefficient (Wildman–Crippen LogP) is 1.16. The Kier molecular flexibility index (Phi) is 4.43. The van der Waals surface area contributed by atoms with Crippen molar-refractivity contribution in [2.45, 2.75) is 26.9 Å². The molecule has 0 aliphatic carbocycles. The standard InChI is InChI=1S/C16H14N4O4/c1-9-6-12(21)19(15(23)11(9)8-17)4-5-20-13(22)7-10(2)14(18-3)16(20)24/h6-7,23-24H,4-5H2,1-2H3. The van der Waals surface area contributed by atoms with Crippen molar-refractivity contribution in [2.24, 2.45) is 0 Å². The molecule has 8 nitrogen and oxygen atoms in total. The molecule has 0 unspecified atom stereocenters. The Morgan fingerprint density at radius 3 is 2.08 bits per heavy atom. The van der Waals surface area contributed by atoms with E-state index >= 15 is 0 Å². The third-order valence-corrected chi connectivity index (χ3v) is 3.70. The summed E-state index contributed by atoms with van der Waals surface area (Å²) < 4.78 is 1.88. The van der Waals surface area contributed by atoms with E-state index < -0.39 is 22.9 Å². The molecule has 0 spiro atoms. The Morgan fingerprint density at radius 2 is 1.58 bits per heavy atom. The van der Waals surface area contributed by atoms with Crippen LogP contribution in [0.4, 0.5) is 5.69 Å². The van der Waals surface area contributed by atoms with Gasteiger partial charge in [-0.1, -0.05) is 0 Å². The van der Waals surface area contributed by atoms with Gasteiger partial charge < -0.3 is 10.2 Å². The minimum absolute atomic E-state index is 0.0306. The second-order valence-corrected chi connectivity index (χ2v) is 5.23. The largest absolute Gasteiger partial charge is 0.503 e. The minimum atomic E-state index is -0.533. The van der Waals surface area contributed by atoms with E-state index in [0.29, 0.717) is 11.1 Å². The number of rotatable bonds is 3. The Labute approximate surface area is 136 Å². The molecule has 2 aromatic rings. The molecule has 0 fully saturated rings. The molecular formula is C16H14N4O4. The van der Waals surface area contributed by atoms with E-state index in [9.17, 15) is 19.8 Å². The molecule has 2 aromatic heterocycles. The topological polar surface area (TPSA) is 113 Å². The third-order valence-electron chi connectivity index (χ3n) is 3.70. The average Bonchev–Trinajstić information content (AvgIpc) is 2.50. The summed E-state index contributed by atoms with van der Waals surface area (Å²) in [6.45, 7) is 9.83. The molecular weight excluding hydrogens is 312 g/mol. The van der Waals surface area contributed by atoms with Crippen molar-refractivity contribution in [2.75, 3.05) is 0 Å². The Hall–Kier alpha value is -3.52. The van der Waals surface area contributed by atoms with E-state index in [4.69, 9.17) is 11.8 Å². The number of nitrogens with zero attached hydrogens (tertiary/aromatic N) is 4. The highest BCUT2D eigenvalue weighted by molar-refractivity contribution is 5.59. The molecule has 2 heterocycles. The maximum atomic E-state index is 12.0. The Bertz CT molecular complexity index is 935. The van der Waals surface area contributed by atoms with Crippen LogP contribution >= 0.6 is 0 Å². The van der Waals surface area contributed by atoms with Crippen molar-refractivity contribution >= 4 is 5.69 Å².